The zero-order valence-corrected chi connectivity index (χ0v) is 45.2. The van der Waals surface area contributed by atoms with Crippen LogP contribution in [0.2, 0.25) is 0 Å². The van der Waals surface area contributed by atoms with E-state index in [2.05, 4.69) is 19.9 Å². The van der Waals surface area contributed by atoms with E-state index in [0.717, 1.165) is 32.1 Å². The van der Waals surface area contributed by atoms with Crippen molar-refractivity contribution >= 4 is 11.8 Å². The van der Waals surface area contributed by atoms with Crippen LogP contribution < -0.4 is 0 Å². The zero-order valence-electron chi connectivity index (χ0n) is 45.2. The number of ether oxygens (including phenoxy) is 12. The molecule has 72 heavy (non-hydrogen) atoms. The molecule has 3 saturated heterocycles. The molecule has 8 aliphatic rings. The minimum atomic E-state index is -1.22. The number of aliphatic hydroxyl groups excluding tert-OH is 2. The normalized spacial score (nSPS) is 49.8. The van der Waals surface area contributed by atoms with E-state index in [1.54, 1.807) is 48.2 Å². The van der Waals surface area contributed by atoms with Crippen LogP contribution in [-0.4, -0.2) is 172 Å². The lowest BCUT2D eigenvalue weighted by atomic mass is 9.45. The van der Waals surface area contributed by atoms with Gasteiger partial charge in [-0.05, 0) is 116 Å². The Kier molecular flexibility index (Phi) is 17.6. The van der Waals surface area contributed by atoms with E-state index in [4.69, 9.17) is 56.8 Å². The van der Waals surface area contributed by atoms with Crippen molar-refractivity contribution < 1.29 is 81.8 Å². The number of allylic oxidation sites excluding steroid dienone is 2. The maximum atomic E-state index is 13.4. The third-order valence-corrected chi connectivity index (χ3v) is 19.4. The SMILES string of the molecule is C/C=C(\C)C(=O)OC1CC2C(CC=C3CC(O[C@@H]4CC(C)[C@@H](O[C@H]5CC(OC)[C@H](O[C@@H]6OC(C)[C@@H](O[C@H]7CC(OC)[C@H](O)C(C)O7)C(OC)[C@@H]6O)C(C)O5)C(OC)C4)CCC32C)C2(O)CCC(C(C)=O)C12C. The Morgan fingerprint density at radius 1 is 0.681 bits per heavy atom. The van der Waals surface area contributed by atoms with Crippen molar-refractivity contribution in [3.8, 4) is 0 Å². The molecule has 17 heteroatoms. The summed E-state index contributed by atoms with van der Waals surface area (Å²) in [6.07, 6.45) is 1.06. The predicted molar refractivity (Wildman–Crippen MR) is 261 cm³/mol. The third-order valence-electron chi connectivity index (χ3n) is 19.4. The number of carbonyl (C=O) groups is 2. The second kappa shape index (κ2) is 22.6. The Balaban J connectivity index is 0.864. The minimum absolute atomic E-state index is 0.0204. The molecule has 410 valence electrons. The van der Waals surface area contributed by atoms with Crippen LogP contribution in [0, 0.1) is 34.5 Å². The van der Waals surface area contributed by atoms with E-state index in [9.17, 15) is 24.9 Å². The number of hydrogen-bond acceptors (Lipinski definition) is 17. The molecule has 0 aromatic carbocycles. The van der Waals surface area contributed by atoms with Crippen LogP contribution in [0.15, 0.2) is 23.3 Å². The number of ketones is 1. The maximum absolute atomic E-state index is 13.4. The number of rotatable bonds is 15. The molecule has 0 radical (unpaired) electrons. The number of Topliss-reactive ketones (excluding diaryl/α,β-unsaturated/α-hetero) is 1. The highest BCUT2D eigenvalue weighted by Crippen LogP contribution is 2.69. The van der Waals surface area contributed by atoms with Gasteiger partial charge in [-0.15, -0.1) is 0 Å². The molecule has 0 bridgehead atoms. The molecule has 17 nitrogen and oxygen atoms in total. The zero-order chi connectivity index (χ0) is 52.2. The van der Waals surface area contributed by atoms with Gasteiger partial charge in [-0.1, -0.05) is 38.5 Å². The standard InChI is InChI=1S/C55H88O17/c1-14-27(2)51(59)69-42-24-38-37(55(60)20-18-36(29(4)56)54(42,55)9)16-15-33-22-34(17-19-53(33,38)8)68-35-21-28(3)47(40(23-35)62-11)70-44-26-41(63-12)48(31(6)66-44)72-52-46(58)50(64-13)49(32(7)67-52)71-43-25-39(61-10)45(57)30(5)65-43/h14-15,28,30-32,34-50,52,57-58,60H,16-26H2,1-13H3/b27-14+/t28?,30?,31?,32?,34?,35-,36?,37?,38?,39?,40?,41?,42?,43+,44+,45-,46+,47-,48-,49-,50?,52+,53?,54?,55?/m1/s1. The van der Waals surface area contributed by atoms with Gasteiger partial charge in [0.2, 0.25) is 0 Å². The molecule has 25 atom stereocenters. The average molecular weight is 1020 g/mol. The number of hydrogen-bond donors (Lipinski definition) is 3. The van der Waals surface area contributed by atoms with Crippen molar-refractivity contribution in [2.24, 2.45) is 34.5 Å². The summed E-state index contributed by atoms with van der Waals surface area (Å²) in [5.41, 5.74) is -0.340. The first-order valence-corrected chi connectivity index (χ1v) is 27.0. The summed E-state index contributed by atoms with van der Waals surface area (Å²) < 4.78 is 75.1. The summed E-state index contributed by atoms with van der Waals surface area (Å²) >= 11 is 0. The number of fused-ring (bicyclic) bond motifs is 5. The predicted octanol–water partition coefficient (Wildman–Crippen LogP) is 5.89. The fraction of sp³-hybridized carbons (Fsp3) is 0.891. The Morgan fingerprint density at radius 3 is 1.97 bits per heavy atom. The van der Waals surface area contributed by atoms with E-state index in [-0.39, 0.29) is 65.3 Å². The summed E-state index contributed by atoms with van der Waals surface area (Å²) in [6.45, 7) is 17.2. The lowest BCUT2D eigenvalue weighted by Crippen LogP contribution is -2.66. The Morgan fingerprint density at radius 2 is 1.32 bits per heavy atom. The lowest BCUT2D eigenvalue weighted by Gasteiger charge is -2.63. The van der Waals surface area contributed by atoms with Crippen molar-refractivity contribution in [2.75, 3.05) is 28.4 Å². The molecule has 5 aliphatic carbocycles. The van der Waals surface area contributed by atoms with E-state index >= 15 is 0 Å². The lowest BCUT2D eigenvalue weighted by molar-refractivity contribution is -0.362. The number of methoxy groups -OCH3 is 4. The molecule has 0 aromatic heterocycles. The largest absolute Gasteiger partial charge is 0.458 e. The molecular weight excluding hydrogens is 933 g/mol. The topological polar surface area (TPSA) is 206 Å². The van der Waals surface area contributed by atoms with Gasteiger partial charge < -0.3 is 72.2 Å². The highest BCUT2D eigenvalue weighted by Gasteiger charge is 2.71. The fourth-order valence-electron chi connectivity index (χ4n) is 15.0. The Labute approximate surface area is 427 Å². The fourth-order valence-corrected chi connectivity index (χ4v) is 15.0. The molecule has 3 N–H and O–H groups in total. The minimum Gasteiger partial charge on any atom is -0.458 e. The molecule has 0 aromatic rings. The number of aliphatic hydroxyl groups is 3. The molecule has 4 saturated carbocycles. The van der Waals surface area contributed by atoms with Gasteiger partial charge >= 0.3 is 5.97 Å². The van der Waals surface area contributed by atoms with Gasteiger partial charge in [0.25, 0.3) is 0 Å². The van der Waals surface area contributed by atoms with Gasteiger partial charge in [-0.2, -0.15) is 0 Å². The summed E-state index contributed by atoms with van der Waals surface area (Å²) in [5.74, 6) is -0.586. The van der Waals surface area contributed by atoms with Crippen molar-refractivity contribution in [1.82, 2.24) is 0 Å². The van der Waals surface area contributed by atoms with Crippen LogP contribution in [0.25, 0.3) is 0 Å². The first-order chi connectivity index (χ1) is 34.1. The van der Waals surface area contributed by atoms with E-state index in [1.165, 1.54) is 12.7 Å². The highest BCUT2D eigenvalue weighted by molar-refractivity contribution is 5.88. The van der Waals surface area contributed by atoms with Gasteiger partial charge in [0.15, 0.2) is 18.9 Å². The monoisotopic (exact) mass is 1020 g/mol. The second-order valence-electron chi connectivity index (χ2n) is 23.2. The van der Waals surface area contributed by atoms with Gasteiger partial charge in [-0.25, -0.2) is 4.79 Å². The number of carbonyl (C=O) groups excluding carboxylic acids is 2. The summed E-state index contributed by atoms with van der Waals surface area (Å²) in [6, 6.07) is 0. The van der Waals surface area contributed by atoms with Crippen LogP contribution in [0.5, 0.6) is 0 Å². The van der Waals surface area contributed by atoms with Crippen LogP contribution in [-0.2, 0) is 66.4 Å². The Bertz CT molecular complexity index is 1950. The van der Waals surface area contributed by atoms with Crippen LogP contribution in [0.1, 0.15) is 133 Å². The van der Waals surface area contributed by atoms with Crippen LogP contribution in [0.3, 0.4) is 0 Å². The van der Waals surface area contributed by atoms with Gasteiger partial charge in [-0.3, -0.25) is 4.79 Å². The molecule has 0 spiro atoms. The maximum Gasteiger partial charge on any atom is 0.333 e. The van der Waals surface area contributed by atoms with Gasteiger partial charge in [0.1, 0.15) is 42.4 Å². The number of esters is 1. The summed E-state index contributed by atoms with van der Waals surface area (Å²) in [4.78, 5) is 26.5. The van der Waals surface area contributed by atoms with Crippen LogP contribution >= 0.6 is 0 Å². The molecule has 0 amide bonds. The van der Waals surface area contributed by atoms with Crippen LogP contribution in [0.4, 0.5) is 0 Å². The smallest absolute Gasteiger partial charge is 0.333 e. The third kappa shape index (κ3) is 10.3. The quantitative estimate of drug-likeness (QED) is 0.0993. The molecule has 7 fully saturated rings. The second-order valence-corrected chi connectivity index (χ2v) is 23.2. The molecule has 3 aliphatic heterocycles. The van der Waals surface area contributed by atoms with E-state index < -0.39 is 97.0 Å². The summed E-state index contributed by atoms with van der Waals surface area (Å²) in [5, 5.41) is 34.9. The summed E-state index contributed by atoms with van der Waals surface area (Å²) in [7, 11) is 6.39. The van der Waals surface area contributed by atoms with Gasteiger partial charge in [0.05, 0.1) is 60.5 Å². The van der Waals surface area contributed by atoms with Crippen molar-refractivity contribution in [1.29, 1.82) is 0 Å². The van der Waals surface area contributed by atoms with E-state index in [1.807, 2.05) is 27.7 Å². The molecular formula is C55H88O17. The van der Waals surface area contributed by atoms with Gasteiger partial charge in [0, 0.05) is 64.6 Å². The molecule has 3 heterocycles. The first kappa shape index (κ1) is 56.3. The molecule has 8 rings (SSSR count). The highest BCUT2D eigenvalue weighted by atomic mass is 16.8. The molecule has 16 unspecified atom stereocenters. The average Bonchev–Trinajstić information content (AvgIpc) is 3.64. The first-order valence-electron chi connectivity index (χ1n) is 27.0. The van der Waals surface area contributed by atoms with Crippen molar-refractivity contribution in [3.63, 3.8) is 0 Å². The Hall–Kier alpha value is -1.94. The van der Waals surface area contributed by atoms with E-state index in [0.29, 0.717) is 44.1 Å². The van der Waals surface area contributed by atoms with Crippen molar-refractivity contribution in [2.45, 2.75) is 249 Å². The van der Waals surface area contributed by atoms with Crippen molar-refractivity contribution in [3.05, 3.63) is 23.3 Å².